The molecule has 0 unspecified atom stereocenters. The molecule has 0 aliphatic heterocycles. The smallest absolute Gasteiger partial charge is 0.223 e. The van der Waals surface area contributed by atoms with Gasteiger partial charge in [0.25, 0.3) is 0 Å². The van der Waals surface area contributed by atoms with E-state index in [9.17, 15) is 4.79 Å². The van der Waals surface area contributed by atoms with Crippen LogP contribution < -0.4 is 0 Å². The topological polar surface area (TPSA) is 49.0 Å². The number of thioether (sulfide) groups is 1. The summed E-state index contributed by atoms with van der Waals surface area (Å²) in [6, 6.07) is 22.4. The molecule has 0 fully saturated rings. The van der Waals surface area contributed by atoms with Gasteiger partial charge in [-0.15, -0.1) is 0 Å². The number of aromatic amines is 1. The quantitative estimate of drug-likeness (QED) is 0.604. The van der Waals surface area contributed by atoms with Crippen LogP contribution in [0.15, 0.2) is 66.7 Å². The van der Waals surface area contributed by atoms with E-state index in [1.165, 1.54) is 5.56 Å². The predicted octanol–water partition coefficient (Wildman–Crippen LogP) is 4.36. The Kier molecular flexibility index (Phi) is 6.50. The van der Waals surface area contributed by atoms with Crippen molar-refractivity contribution in [1.82, 2.24) is 15.1 Å². The number of benzene rings is 2. The van der Waals surface area contributed by atoms with Crippen LogP contribution in [0.3, 0.4) is 0 Å². The predicted molar refractivity (Wildman–Crippen MR) is 108 cm³/mol. The molecule has 5 heteroatoms. The summed E-state index contributed by atoms with van der Waals surface area (Å²) in [5.41, 5.74) is 4.21. The fraction of sp³-hybridized carbons (Fsp3) is 0.238. The molecule has 0 bridgehead atoms. The lowest BCUT2D eigenvalue weighted by Crippen LogP contribution is -2.26. The van der Waals surface area contributed by atoms with E-state index in [2.05, 4.69) is 22.3 Å². The molecule has 0 radical (unpaired) electrons. The van der Waals surface area contributed by atoms with Crippen molar-refractivity contribution in [2.24, 2.45) is 0 Å². The first kappa shape index (κ1) is 18.3. The molecule has 4 nitrogen and oxygen atoms in total. The number of nitrogens with zero attached hydrogens (tertiary/aromatic N) is 2. The average Bonchev–Trinajstić information content (AvgIpc) is 3.15. The minimum atomic E-state index is 0.154. The van der Waals surface area contributed by atoms with Gasteiger partial charge in [0.15, 0.2) is 0 Å². The molecule has 1 amide bonds. The molecule has 1 heterocycles. The average molecular weight is 366 g/mol. The second-order valence-electron chi connectivity index (χ2n) is 6.18. The maximum atomic E-state index is 12.3. The fourth-order valence-electron chi connectivity index (χ4n) is 2.66. The zero-order chi connectivity index (χ0) is 18.2. The second-order valence-corrected chi connectivity index (χ2v) is 7.29. The van der Waals surface area contributed by atoms with Crippen LogP contribution in [0, 0.1) is 0 Å². The summed E-state index contributed by atoms with van der Waals surface area (Å²) in [7, 11) is 1.84. The van der Waals surface area contributed by atoms with Crippen LogP contribution in [0.4, 0.5) is 0 Å². The maximum absolute atomic E-state index is 12.3. The number of carbonyl (C=O) groups is 1. The number of aromatic nitrogens is 2. The van der Waals surface area contributed by atoms with Crippen LogP contribution in [0.25, 0.3) is 11.3 Å². The summed E-state index contributed by atoms with van der Waals surface area (Å²) >= 11 is 1.79. The van der Waals surface area contributed by atoms with Gasteiger partial charge in [0, 0.05) is 30.5 Å². The van der Waals surface area contributed by atoms with Gasteiger partial charge in [0.05, 0.1) is 17.9 Å². The molecule has 1 aromatic heterocycles. The molecule has 2 aromatic carbocycles. The van der Waals surface area contributed by atoms with Crippen molar-refractivity contribution in [3.05, 3.63) is 78.0 Å². The third-order valence-electron chi connectivity index (χ3n) is 4.11. The lowest BCUT2D eigenvalue weighted by Gasteiger charge is -2.15. The molecule has 134 valence electrons. The van der Waals surface area contributed by atoms with E-state index in [4.69, 9.17) is 0 Å². The summed E-state index contributed by atoms with van der Waals surface area (Å²) in [5, 5.41) is 7.37. The lowest BCUT2D eigenvalue weighted by atomic mass is 10.1. The fourth-order valence-corrected chi connectivity index (χ4v) is 3.55. The molecule has 0 aliphatic rings. The van der Waals surface area contributed by atoms with E-state index in [1.54, 1.807) is 16.7 Å². The Morgan fingerprint density at radius 1 is 1.08 bits per heavy atom. The first-order valence-corrected chi connectivity index (χ1v) is 9.83. The molecule has 26 heavy (non-hydrogen) atoms. The highest BCUT2D eigenvalue weighted by Crippen LogP contribution is 2.18. The summed E-state index contributed by atoms with van der Waals surface area (Å²) in [5.74, 6) is 1.93. The van der Waals surface area contributed by atoms with Gasteiger partial charge >= 0.3 is 0 Å². The minimum absolute atomic E-state index is 0.154. The second kappa shape index (κ2) is 9.25. The largest absolute Gasteiger partial charge is 0.340 e. The summed E-state index contributed by atoms with van der Waals surface area (Å²) in [6.07, 6.45) is 0.549. The van der Waals surface area contributed by atoms with E-state index < -0.39 is 0 Å². The van der Waals surface area contributed by atoms with Gasteiger partial charge in [-0.1, -0.05) is 60.7 Å². The van der Waals surface area contributed by atoms with E-state index in [-0.39, 0.29) is 5.91 Å². The van der Waals surface area contributed by atoms with Crippen molar-refractivity contribution in [2.45, 2.75) is 18.7 Å². The zero-order valence-electron chi connectivity index (χ0n) is 14.9. The normalized spacial score (nSPS) is 10.7. The van der Waals surface area contributed by atoms with E-state index >= 15 is 0 Å². The highest BCUT2D eigenvalue weighted by Gasteiger charge is 2.11. The van der Waals surface area contributed by atoms with Crippen molar-refractivity contribution in [3.8, 4) is 11.3 Å². The van der Waals surface area contributed by atoms with Gasteiger partial charge in [-0.25, -0.2) is 0 Å². The van der Waals surface area contributed by atoms with Crippen LogP contribution in [0.1, 0.15) is 17.7 Å². The number of hydrogen-bond acceptors (Lipinski definition) is 3. The van der Waals surface area contributed by atoms with Crippen molar-refractivity contribution in [1.29, 1.82) is 0 Å². The first-order chi connectivity index (χ1) is 12.7. The SMILES string of the molecule is CN(Cc1cc(-c2ccccc2)n[nH]1)C(=O)CCSCc1ccccc1. The number of nitrogens with one attached hydrogen (secondary N) is 1. The van der Waals surface area contributed by atoms with Crippen molar-refractivity contribution in [3.63, 3.8) is 0 Å². The zero-order valence-corrected chi connectivity index (χ0v) is 15.7. The number of amides is 1. The number of carbonyl (C=O) groups excluding carboxylic acids is 1. The molecule has 0 spiro atoms. The van der Waals surface area contributed by atoms with Gasteiger partial charge in [0.1, 0.15) is 0 Å². The molecule has 3 aromatic rings. The Balaban J connectivity index is 1.43. The van der Waals surface area contributed by atoms with Crippen molar-refractivity contribution in [2.75, 3.05) is 12.8 Å². The lowest BCUT2D eigenvalue weighted by molar-refractivity contribution is -0.130. The van der Waals surface area contributed by atoms with Crippen LogP contribution >= 0.6 is 11.8 Å². The molecule has 0 saturated carbocycles. The Labute approximate surface area is 158 Å². The van der Waals surface area contributed by atoms with Crippen LogP contribution in [0.2, 0.25) is 0 Å². The molecule has 0 atom stereocenters. The summed E-state index contributed by atoms with van der Waals surface area (Å²) in [4.78, 5) is 14.1. The van der Waals surface area contributed by atoms with Crippen LogP contribution in [-0.2, 0) is 17.1 Å². The molecular weight excluding hydrogens is 342 g/mol. The van der Waals surface area contributed by atoms with Gasteiger partial charge in [-0.2, -0.15) is 16.9 Å². The third kappa shape index (κ3) is 5.23. The molecular formula is C21H23N3OS. The Bertz CT molecular complexity index is 818. The van der Waals surface area contributed by atoms with Crippen molar-refractivity contribution < 1.29 is 4.79 Å². The summed E-state index contributed by atoms with van der Waals surface area (Å²) < 4.78 is 0. The Morgan fingerprint density at radius 3 is 2.50 bits per heavy atom. The Hall–Kier alpha value is -2.53. The number of rotatable bonds is 8. The maximum Gasteiger partial charge on any atom is 0.223 e. The third-order valence-corrected chi connectivity index (χ3v) is 5.14. The monoisotopic (exact) mass is 365 g/mol. The van der Waals surface area contributed by atoms with E-state index in [0.29, 0.717) is 13.0 Å². The first-order valence-electron chi connectivity index (χ1n) is 8.68. The molecule has 0 saturated heterocycles. The van der Waals surface area contributed by atoms with E-state index in [1.807, 2.05) is 61.6 Å². The van der Waals surface area contributed by atoms with Gasteiger partial charge in [0.2, 0.25) is 5.91 Å². The molecule has 0 aliphatic carbocycles. The van der Waals surface area contributed by atoms with Gasteiger partial charge in [-0.3, -0.25) is 9.89 Å². The van der Waals surface area contributed by atoms with Gasteiger partial charge < -0.3 is 4.90 Å². The highest BCUT2D eigenvalue weighted by molar-refractivity contribution is 7.98. The van der Waals surface area contributed by atoms with Gasteiger partial charge in [-0.05, 0) is 11.6 Å². The highest BCUT2D eigenvalue weighted by atomic mass is 32.2. The van der Waals surface area contributed by atoms with E-state index in [0.717, 1.165) is 28.5 Å². The van der Waals surface area contributed by atoms with Crippen molar-refractivity contribution >= 4 is 17.7 Å². The number of H-pyrrole nitrogens is 1. The minimum Gasteiger partial charge on any atom is -0.340 e. The Morgan fingerprint density at radius 2 is 1.77 bits per heavy atom. The molecule has 3 rings (SSSR count). The number of hydrogen-bond donors (Lipinski definition) is 1. The van der Waals surface area contributed by atoms with Crippen LogP contribution in [-0.4, -0.2) is 33.8 Å². The summed E-state index contributed by atoms with van der Waals surface area (Å²) in [6.45, 7) is 0.544. The standard InChI is InChI=1S/C21H23N3OS/c1-24(21(25)12-13-26-16-17-8-4-2-5-9-17)15-19-14-20(23-22-19)18-10-6-3-7-11-18/h2-11,14H,12-13,15-16H2,1H3,(H,22,23). The van der Waals surface area contributed by atoms with Crippen LogP contribution in [0.5, 0.6) is 0 Å². The molecule has 1 N–H and O–H groups in total.